The summed E-state index contributed by atoms with van der Waals surface area (Å²) >= 11 is 2.90. The largest absolute Gasteiger partial charge is 0.300 e. The maximum absolute atomic E-state index is 12.6. The SMILES string of the molecule is CCCc1nnc(NC(=O)CCn2cnc3sc(C)c(C)c3c2=O)s1. The third kappa shape index (κ3) is 3.77. The van der Waals surface area contributed by atoms with Gasteiger partial charge in [0.05, 0.1) is 11.7 Å². The number of carbonyl (C=O) groups is 1. The normalized spacial score (nSPS) is 11.2. The predicted molar refractivity (Wildman–Crippen MR) is 101 cm³/mol. The van der Waals surface area contributed by atoms with E-state index in [1.807, 2.05) is 13.8 Å². The molecule has 7 nitrogen and oxygen atoms in total. The van der Waals surface area contributed by atoms with Crippen molar-refractivity contribution in [1.29, 1.82) is 0 Å². The first kappa shape index (κ1) is 17.7. The fourth-order valence-electron chi connectivity index (χ4n) is 2.45. The van der Waals surface area contributed by atoms with Gasteiger partial charge < -0.3 is 5.32 Å². The molecule has 3 aromatic rings. The number of rotatable bonds is 6. The van der Waals surface area contributed by atoms with Crippen LogP contribution in [0.15, 0.2) is 11.1 Å². The average Bonchev–Trinajstić information content (AvgIpc) is 3.12. The number of nitrogens with one attached hydrogen (secondary N) is 1. The van der Waals surface area contributed by atoms with Gasteiger partial charge in [0.15, 0.2) is 0 Å². The predicted octanol–water partition coefficient (Wildman–Crippen LogP) is 2.91. The Morgan fingerprint density at radius 3 is 2.84 bits per heavy atom. The summed E-state index contributed by atoms with van der Waals surface area (Å²) in [5.74, 6) is -0.190. The van der Waals surface area contributed by atoms with E-state index in [0.717, 1.165) is 33.1 Å². The summed E-state index contributed by atoms with van der Waals surface area (Å²) in [6.07, 6.45) is 3.53. The Bertz CT molecular complexity index is 973. The number of anilines is 1. The summed E-state index contributed by atoms with van der Waals surface area (Å²) in [7, 11) is 0. The number of amides is 1. The van der Waals surface area contributed by atoms with Crippen LogP contribution in [0.25, 0.3) is 10.2 Å². The number of hydrogen-bond donors (Lipinski definition) is 1. The second-order valence-electron chi connectivity index (χ2n) is 5.76. The van der Waals surface area contributed by atoms with Crippen LogP contribution in [0.4, 0.5) is 5.13 Å². The molecule has 3 rings (SSSR count). The van der Waals surface area contributed by atoms with E-state index in [1.54, 1.807) is 0 Å². The molecule has 0 bridgehead atoms. The van der Waals surface area contributed by atoms with Crippen molar-refractivity contribution < 1.29 is 4.79 Å². The summed E-state index contributed by atoms with van der Waals surface area (Å²) < 4.78 is 1.49. The van der Waals surface area contributed by atoms with Crippen LogP contribution >= 0.6 is 22.7 Å². The van der Waals surface area contributed by atoms with Crippen molar-refractivity contribution in [3.63, 3.8) is 0 Å². The van der Waals surface area contributed by atoms with Gasteiger partial charge in [0.2, 0.25) is 11.0 Å². The third-order valence-electron chi connectivity index (χ3n) is 3.91. The Hall–Kier alpha value is -2.13. The zero-order chi connectivity index (χ0) is 18.0. The van der Waals surface area contributed by atoms with E-state index < -0.39 is 0 Å². The second kappa shape index (κ2) is 7.40. The van der Waals surface area contributed by atoms with Crippen molar-refractivity contribution in [2.75, 3.05) is 5.32 Å². The molecule has 0 atom stereocenters. The van der Waals surface area contributed by atoms with E-state index in [0.29, 0.717) is 10.5 Å². The van der Waals surface area contributed by atoms with Crippen LogP contribution in [0, 0.1) is 13.8 Å². The van der Waals surface area contributed by atoms with Crippen molar-refractivity contribution >= 4 is 43.9 Å². The molecule has 132 valence electrons. The van der Waals surface area contributed by atoms with Gasteiger partial charge in [0, 0.05) is 24.3 Å². The molecule has 0 saturated heterocycles. The lowest BCUT2D eigenvalue weighted by Crippen LogP contribution is -2.23. The monoisotopic (exact) mass is 377 g/mol. The van der Waals surface area contributed by atoms with E-state index in [4.69, 9.17) is 0 Å². The fraction of sp³-hybridized carbons (Fsp3) is 0.438. The molecule has 25 heavy (non-hydrogen) atoms. The lowest BCUT2D eigenvalue weighted by molar-refractivity contribution is -0.116. The minimum atomic E-state index is -0.190. The quantitative estimate of drug-likeness (QED) is 0.713. The Kier molecular flexibility index (Phi) is 5.24. The number of thiophene rings is 1. The molecule has 0 aromatic carbocycles. The summed E-state index contributed by atoms with van der Waals surface area (Å²) in [5, 5.41) is 12.8. The van der Waals surface area contributed by atoms with E-state index in [9.17, 15) is 9.59 Å². The Morgan fingerprint density at radius 2 is 2.08 bits per heavy atom. The van der Waals surface area contributed by atoms with Crippen molar-refractivity contribution in [2.24, 2.45) is 0 Å². The van der Waals surface area contributed by atoms with Gasteiger partial charge in [-0.3, -0.25) is 14.2 Å². The van der Waals surface area contributed by atoms with Crippen LogP contribution in [-0.4, -0.2) is 25.7 Å². The van der Waals surface area contributed by atoms with E-state index in [-0.39, 0.29) is 24.4 Å². The number of fused-ring (bicyclic) bond motifs is 1. The Morgan fingerprint density at radius 1 is 1.28 bits per heavy atom. The highest BCUT2D eigenvalue weighted by atomic mass is 32.1. The molecule has 3 aromatic heterocycles. The van der Waals surface area contributed by atoms with Crippen molar-refractivity contribution in [3.05, 3.63) is 32.1 Å². The van der Waals surface area contributed by atoms with E-state index in [1.165, 1.54) is 33.6 Å². The van der Waals surface area contributed by atoms with Crippen molar-refractivity contribution in [3.8, 4) is 0 Å². The van der Waals surface area contributed by atoms with Crippen LogP contribution < -0.4 is 10.9 Å². The zero-order valence-corrected chi connectivity index (χ0v) is 16.0. The van der Waals surface area contributed by atoms with Gasteiger partial charge in [-0.15, -0.1) is 21.5 Å². The van der Waals surface area contributed by atoms with Crippen LogP contribution in [0.5, 0.6) is 0 Å². The molecule has 0 fully saturated rings. The molecule has 0 aliphatic heterocycles. The van der Waals surface area contributed by atoms with Gasteiger partial charge in [-0.05, 0) is 25.8 Å². The molecular formula is C16H19N5O2S2. The lowest BCUT2D eigenvalue weighted by atomic mass is 10.2. The Balaban J connectivity index is 1.67. The minimum Gasteiger partial charge on any atom is -0.300 e. The van der Waals surface area contributed by atoms with Gasteiger partial charge in [-0.1, -0.05) is 18.3 Å². The molecule has 9 heteroatoms. The molecule has 0 radical (unpaired) electrons. The van der Waals surface area contributed by atoms with Crippen molar-refractivity contribution in [1.82, 2.24) is 19.7 Å². The Labute approximate surface area is 152 Å². The minimum absolute atomic E-state index is 0.0965. The molecule has 0 aliphatic carbocycles. The van der Waals surface area contributed by atoms with Gasteiger partial charge in [0.1, 0.15) is 9.84 Å². The molecule has 0 saturated carbocycles. The zero-order valence-electron chi connectivity index (χ0n) is 14.3. The number of aryl methyl sites for hydroxylation is 4. The topological polar surface area (TPSA) is 89.8 Å². The van der Waals surface area contributed by atoms with Crippen LogP contribution in [0.2, 0.25) is 0 Å². The number of aromatic nitrogens is 4. The molecule has 1 amide bonds. The molecule has 0 unspecified atom stereocenters. The molecular weight excluding hydrogens is 358 g/mol. The number of nitrogens with zero attached hydrogens (tertiary/aromatic N) is 4. The van der Waals surface area contributed by atoms with Gasteiger partial charge in [-0.25, -0.2) is 4.98 Å². The third-order valence-corrected chi connectivity index (χ3v) is 5.93. The number of hydrogen-bond acceptors (Lipinski definition) is 7. The number of carbonyl (C=O) groups excluding carboxylic acids is 1. The molecule has 1 N–H and O–H groups in total. The molecule has 3 heterocycles. The first-order valence-corrected chi connectivity index (χ1v) is 9.70. The summed E-state index contributed by atoms with van der Waals surface area (Å²) in [4.78, 5) is 30.9. The van der Waals surface area contributed by atoms with Crippen LogP contribution in [0.3, 0.4) is 0 Å². The van der Waals surface area contributed by atoms with Crippen LogP contribution in [-0.2, 0) is 17.8 Å². The lowest BCUT2D eigenvalue weighted by Gasteiger charge is -2.05. The summed E-state index contributed by atoms with van der Waals surface area (Å²) in [6.45, 7) is 6.26. The van der Waals surface area contributed by atoms with E-state index >= 15 is 0 Å². The van der Waals surface area contributed by atoms with Gasteiger partial charge >= 0.3 is 0 Å². The fourth-order valence-corrected chi connectivity index (χ4v) is 4.30. The summed E-state index contributed by atoms with van der Waals surface area (Å²) in [5.41, 5.74) is 0.870. The van der Waals surface area contributed by atoms with Gasteiger partial charge in [-0.2, -0.15) is 0 Å². The summed E-state index contributed by atoms with van der Waals surface area (Å²) in [6, 6.07) is 0. The first-order valence-electron chi connectivity index (χ1n) is 8.07. The highest BCUT2D eigenvalue weighted by molar-refractivity contribution is 7.18. The van der Waals surface area contributed by atoms with Gasteiger partial charge in [0.25, 0.3) is 5.56 Å². The van der Waals surface area contributed by atoms with Crippen LogP contribution in [0.1, 0.15) is 35.2 Å². The highest BCUT2D eigenvalue weighted by Crippen LogP contribution is 2.25. The van der Waals surface area contributed by atoms with E-state index in [2.05, 4.69) is 27.4 Å². The standard InChI is InChI=1S/C16H19N5O2S2/c1-4-5-12-19-20-16(25-12)18-11(22)6-7-21-8-17-14-13(15(21)23)9(2)10(3)24-14/h8H,4-7H2,1-3H3,(H,18,20,22). The maximum Gasteiger partial charge on any atom is 0.262 e. The second-order valence-corrected chi connectivity index (χ2v) is 8.02. The highest BCUT2D eigenvalue weighted by Gasteiger charge is 2.13. The smallest absolute Gasteiger partial charge is 0.262 e. The van der Waals surface area contributed by atoms with Crippen molar-refractivity contribution in [2.45, 2.75) is 46.6 Å². The first-order chi connectivity index (χ1) is 12.0. The molecule has 0 aliphatic rings. The average molecular weight is 377 g/mol. The molecule has 0 spiro atoms. The maximum atomic E-state index is 12.6.